The van der Waals surface area contributed by atoms with Crippen molar-refractivity contribution in [3.05, 3.63) is 18.5 Å². The third-order valence-electron chi connectivity index (χ3n) is 2.47. The molecule has 0 saturated heterocycles. The van der Waals surface area contributed by atoms with Crippen LogP contribution in [-0.2, 0) is 11.3 Å². The number of thioether (sulfide) groups is 1. The largest absolute Gasteiger partial charge is 0.481 e. The molecule has 0 aliphatic rings. The molecule has 2 heterocycles. The number of rotatable bonds is 6. The summed E-state index contributed by atoms with van der Waals surface area (Å²) < 4.78 is 1.83. The monoisotopic (exact) mass is 295 g/mol. The van der Waals surface area contributed by atoms with Crippen LogP contribution in [0.5, 0.6) is 0 Å². The SMILES string of the molecule is NC(=O)NCCn1c(SCC(=O)O)nc2cnccc21. The van der Waals surface area contributed by atoms with Crippen molar-refractivity contribution in [3.63, 3.8) is 0 Å². The second-order valence-corrected chi connectivity index (χ2v) is 4.83. The third kappa shape index (κ3) is 3.38. The number of aromatic nitrogens is 3. The zero-order chi connectivity index (χ0) is 14.5. The number of carbonyl (C=O) groups is 2. The van der Waals surface area contributed by atoms with Gasteiger partial charge in [0.15, 0.2) is 5.16 Å². The molecule has 0 bridgehead atoms. The predicted molar refractivity (Wildman–Crippen MR) is 73.5 cm³/mol. The summed E-state index contributed by atoms with van der Waals surface area (Å²) in [5.41, 5.74) is 6.53. The average Bonchev–Trinajstić information content (AvgIpc) is 2.74. The molecule has 9 heteroatoms. The van der Waals surface area contributed by atoms with Gasteiger partial charge in [0.05, 0.1) is 17.5 Å². The van der Waals surface area contributed by atoms with E-state index in [1.807, 2.05) is 4.57 Å². The number of carboxylic acids is 1. The van der Waals surface area contributed by atoms with Crippen LogP contribution in [0.4, 0.5) is 4.79 Å². The van der Waals surface area contributed by atoms with Crippen LogP contribution in [0, 0.1) is 0 Å². The Labute approximate surface area is 118 Å². The smallest absolute Gasteiger partial charge is 0.313 e. The molecule has 0 fully saturated rings. The molecule has 2 aromatic heterocycles. The molecule has 4 N–H and O–H groups in total. The Balaban J connectivity index is 2.24. The van der Waals surface area contributed by atoms with Crippen LogP contribution in [0.2, 0.25) is 0 Å². The molecule has 0 unspecified atom stereocenters. The van der Waals surface area contributed by atoms with E-state index in [1.54, 1.807) is 18.5 Å². The standard InChI is InChI=1S/C11H13N5O3S/c12-10(19)14-3-4-16-8-1-2-13-5-7(8)15-11(16)20-6-9(17)18/h1-2,5H,3-4,6H2,(H,17,18)(H3,12,14,19). The summed E-state index contributed by atoms with van der Waals surface area (Å²) in [4.78, 5) is 29.7. The van der Waals surface area contributed by atoms with Gasteiger partial charge < -0.3 is 20.7 Å². The molecule has 2 aromatic rings. The lowest BCUT2D eigenvalue weighted by atomic mass is 10.4. The topological polar surface area (TPSA) is 123 Å². The maximum Gasteiger partial charge on any atom is 0.313 e. The first kappa shape index (κ1) is 14.1. The number of carboxylic acid groups (broad SMARTS) is 1. The first-order valence-electron chi connectivity index (χ1n) is 5.76. The maximum absolute atomic E-state index is 10.7. The second kappa shape index (κ2) is 6.24. The summed E-state index contributed by atoms with van der Waals surface area (Å²) in [6.45, 7) is 0.787. The number of primary amides is 1. The van der Waals surface area contributed by atoms with Gasteiger partial charge in [-0.3, -0.25) is 9.78 Å². The number of nitrogens with one attached hydrogen (secondary N) is 1. The van der Waals surface area contributed by atoms with Gasteiger partial charge in [-0.15, -0.1) is 0 Å². The van der Waals surface area contributed by atoms with Crippen LogP contribution in [0.25, 0.3) is 11.0 Å². The van der Waals surface area contributed by atoms with Gasteiger partial charge in [0.1, 0.15) is 5.52 Å². The van der Waals surface area contributed by atoms with Crippen LogP contribution in [-0.4, -0.2) is 43.9 Å². The molecular weight excluding hydrogens is 282 g/mol. The molecule has 0 atom stereocenters. The minimum absolute atomic E-state index is 0.0833. The highest BCUT2D eigenvalue weighted by molar-refractivity contribution is 7.99. The number of urea groups is 1. The first-order chi connectivity index (χ1) is 9.58. The number of fused-ring (bicyclic) bond motifs is 1. The number of hydrogen-bond acceptors (Lipinski definition) is 5. The van der Waals surface area contributed by atoms with Crippen molar-refractivity contribution < 1.29 is 14.7 Å². The van der Waals surface area contributed by atoms with Crippen molar-refractivity contribution in [2.75, 3.05) is 12.3 Å². The Morgan fingerprint density at radius 1 is 1.50 bits per heavy atom. The van der Waals surface area contributed by atoms with E-state index in [4.69, 9.17) is 10.8 Å². The Kier molecular flexibility index (Phi) is 4.41. The first-order valence-corrected chi connectivity index (χ1v) is 6.74. The van der Waals surface area contributed by atoms with E-state index in [2.05, 4.69) is 15.3 Å². The van der Waals surface area contributed by atoms with Crippen LogP contribution in [0.3, 0.4) is 0 Å². The molecule has 0 radical (unpaired) electrons. The normalized spacial score (nSPS) is 10.6. The van der Waals surface area contributed by atoms with Gasteiger partial charge in [0.25, 0.3) is 0 Å². The van der Waals surface area contributed by atoms with Crippen molar-refractivity contribution in [1.82, 2.24) is 19.9 Å². The van der Waals surface area contributed by atoms with Gasteiger partial charge in [-0.2, -0.15) is 0 Å². The van der Waals surface area contributed by atoms with E-state index in [1.165, 1.54) is 0 Å². The fourth-order valence-electron chi connectivity index (χ4n) is 1.70. The van der Waals surface area contributed by atoms with Crippen LogP contribution in [0.15, 0.2) is 23.6 Å². The quantitative estimate of drug-likeness (QED) is 0.657. The van der Waals surface area contributed by atoms with Gasteiger partial charge in [-0.05, 0) is 6.07 Å². The summed E-state index contributed by atoms with van der Waals surface area (Å²) in [5.74, 6) is -0.998. The molecule has 2 amide bonds. The number of aliphatic carboxylic acids is 1. The molecule has 0 aliphatic carbocycles. The van der Waals surface area contributed by atoms with Gasteiger partial charge in [-0.1, -0.05) is 11.8 Å². The maximum atomic E-state index is 10.7. The Hall–Kier alpha value is -2.29. The van der Waals surface area contributed by atoms with E-state index in [9.17, 15) is 9.59 Å². The van der Waals surface area contributed by atoms with Crippen LogP contribution >= 0.6 is 11.8 Å². The molecule has 0 saturated carbocycles. The van der Waals surface area contributed by atoms with E-state index in [0.717, 1.165) is 17.3 Å². The Morgan fingerprint density at radius 3 is 3.00 bits per heavy atom. The fraction of sp³-hybridized carbons (Fsp3) is 0.273. The Morgan fingerprint density at radius 2 is 2.30 bits per heavy atom. The lowest BCUT2D eigenvalue weighted by Gasteiger charge is -2.08. The van der Waals surface area contributed by atoms with Crippen molar-refractivity contribution in [2.45, 2.75) is 11.7 Å². The number of nitrogens with two attached hydrogens (primary N) is 1. The van der Waals surface area contributed by atoms with Crippen molar-refractivity contribution in [1.29, 1.82) is 0 Å². The summed E-state index contributed by atoms with van der Waals surface area (Å²) in [6.07, 6.45) is 3.24. The van der Waals surface area contributed by atoms with E-state index >= 15 is 0 Å². The number of carbonyl (C=O) groups excluding carboxylic acids is 1. The molecule has 106 valence electrons. The lowest BCUT2D eigenvalue weighted by Crippen LogP contribution is -2.32. The molecule has 20 heavy (non-hydrogen) atoms. The highest BCUT2D eigenvalue weighted by Gasteiger charge is 2.12. The lowest BCUT2D eigenvalue weighted by molar-refractivity contribution is -0.133. The highest BCUT2D eigenvalue weighted by atomic mass is 32.2. The zero-order valence-electron chi connectivity index (χ0n) is 10.4. The van der Waals surface area contributed by atoms with E-state index in [-0.39, 0.29) is 5.75 Å². The average molecular weight is 295 g/mol. The number of pyridine rings is 1. The predicted octanol–water partition coefficient (Wildman–Crippen LogP) is 0.276. The summed E-state index contributed by atoms with van der Waals surface area (Å²) in [6, 6.07) is 1.19. The fourth-order valence-corrected chi connectivity index (χ4v) is 2.46. The summed E-state index contributed by atoms with van der Waals surface area (Å²) in [5, 5.41) is 11.8. The molecule has 0 spiro atoms. The molecule has 0 aromatic carbocycles. The number of amides is 2. The molecular formula is C11H13N5O3S. The minimum atomic E-state index is -0.915. The number of nitrogens with zero attached hydrogens (tertiary/aromatic N) is 3. The van der Waals surface area contributed by atoms with Crippen molar-refractivity contribution >= 4 is 34.8 Å². The minimum Gasteiger partial charge on any atom is -0.481 e. The van der Waals surface area contributed by atoms with Crippen molar-refractivity contribution in [3.8, 4) is 0 Å². The van der Waals surface area contributed by atoms with Gasteiger partial charge in [-0.25, -0.2) is 9.78 Å². The summed E-state index contributed by atoms with van der Waals surface area (Å²) >= 11 is 1.12. The van der Waals surface area contributed by atoms with Crippen molar-refractivity contribution in [2.24, 2.45) is 5.73 Å². The second-order valence-electron chi connectivity index (χ2n) is 3.88. The molecule has 0 aliphatic heterocycles. The Bertz CT molecular complexity index is 642. The van der Waals surface area contributed by atoms with Gasteiger partial charge in [0.2, 0.25) is 0 Å². The number of imidazole rings is 1. The van der Waals surface area contributed by atoms with Crippen LogP contribution in [0.1, 0.15) is 0 Å². The number of hydrogen-bond donors (Lipinski definition) is 3. The molecule has 8 nitrogen and oxygen atoms in total. The summed E-state index contributed by atoms with van der Waals surface area (Å²) in [7, 11) is 0. The van der Waals surface area contributed by atoms with E-state index in [0.29, 0.717) is 23.8 Å². The van der Waals surface area contributed by atoms with E-state index < -0.39 is 12.0 Å². The van der Waals surface area contributed by atoms with Crippen LogP contribution < -0.4 is 11.1 Å². The highest BCUT2D eigenvalue weighted by Crippen LogP contribution is 2.23. The van der Waals surface area contributed by atoms with Gasteiger partial charge in [0, 0.05) is 19.3 Å². The zero-order valence-corrected chi connectivity index (χ0v) is 11.3. The molecule has 2 rings (SSSR count). The van der Waals surface area contributed by atoms with Gasteiger partial charge >= 0.3 is 12.0 Å². The third-order valence-corrected chi connectivity index (χ3v) is 3.44.